The van der Waals surface area contributed by atoms with E-state index < -0.39 is 19.3 Å². The first kappa shape index (κ1) is 24.3. The number of amides is 2. The minimum absolute atomic E-state index is 0.155. The number of H-pyrrole nitrogens is 1. The lowest BCUT2D eigenvalue weighted by Gasteiger charge is -2.32. The van der Waals surface area contributed by atoms with Crippen molar-refractivity contribution in [1.29, 1.82) is 0 Å². The maximum Gasteiger partial charge on any atom is 0.494 e. The number of aromatic amines is 1. The van der Waals surface area contributed by atoms with E-state index in [1.54, 1.807) is 18.0 Å². The van der Waals surface area contributed by atoms with E-state index in [1.807, 2.05) is 52.0 Å². The van der Waals surface area contributed by atoms with Gasteiger partial charge in [-0.1, -0.05) is 24.3 Å². The van der Waals surface area contributed by atoms with Crippen molar-refractivity contribution in [2.75, 3.05) is 13.7 Å². The Morgan fingerprint density at radius 1 is 1.21 bits per heavy atom. The highest BCUT2D eigenvalue weighted by molar-refractivity contribution is 6.62. The molecule has 1 aromatic carbocycles. The largest absolute Gasteiger partial charge is 0.494 e. The summed E-state index contributed by atoms with van der Waals surface area (Å²) < 4.78 is 16.9. The lowest BCUT2D eigenvalue weighted by molar-refractivity contribution is -0.134. The number of likely N-dealkylation sites (tertiary alicyclic amines) is 1. The molecule has 34 heavy (non-hydrogen) atoms. The summed E-state index contributed by atoms with van der Waals surface area (Å²) >= 11 is 0. The van der Waals surface area contributed by atoms with Crippen molar-refractivity contribution in [1.82, 2.24) is 20.2 Å². The zero-order valence-corrected chi connectivity index (χ0v) is 20.7. The molecule has 2 fully saturated rings. The topological polar surface area (TPSA) is 106 Å². The highest BCUT2D eigenvalue weighted by atomic mass is 16.7. The SMILES string of the molecule is COC(=O)N[C@@H](C)C(=O)N1CCC[C@H]1c1ncc(-c2ccc(B3OC(C)(C)C(C)(C)O3)cc2)[nH]1. The fraction of sp³-hybridized carbons (Fsp3) is 0.542. The van der Waals surface area contributed by atoms with E-state index in [4.69, 9.17) is 9.31 Å². The first-order valence-electron chi connectivity index (χ1n) is 11.7. The highest BCUT2D eigenvalue weighted by Crippen LogP contribution is 2.36. The molecule has 2 atom stereocenters. The number of methoxy groups -OCH3 is 1. The Kier molecular flexibility index (Phi) is 6.48. The molecule has 0 aliphatic carbocycles. The number of hydrogen-bond donors (Lipinski definition) is 2. The maximum atomic E-state index is 12.9. The number of benzene rings is 1. The number of nitrogens with zero attached hydrogens (tertiary/aromatic N) is 2. The molecule has 2 aliphatic rings. The summed E-state index contributed by atoms with van der Waals surface area (Å²) in [7, 11) is 0.868. The number of carbonyl (C=O) groups is 2. The van der Waals surface area contributed by atoms with Gasteiger partial charge in [-0.2, -0.15) is 0 Å². The smallest absolute Gasteiger partial charge is 0.453 e. The molecule has 10 heteroatoms. The molecular formula is C24H33BN4O5. The monoisotopic (exact) mass is 468 g/mol. The van der Waals surface area contributed by atoms with Crippen LogP contribution in [0.1, 0.15) is 59.3 Å². The molecule has 0 saturated carbocycles. The number of aromatic nitrogens is 2. The summed E-state index contributed by atoms with van der Waals surface area (Å²) in [6, 6.07) is 7.19. The average Bonchev–Trinajstić information content (AvgIpc) is 3.51. The average molecular weight is 468 g/mol. The molecule has 2 amide bonds. The minimum atomic E-state index is -0.676. The van der Waals surface area contributed by atoms with Crippen molar-refractivity contribution >= 4 is 24.6 Å². The van der Waals surface area contributed by atoms with Crippen molar-refractivity contribution in [3.8, 4) is 11.3 Å². The zero-order valence-electron chi connectivity index (χ0n) is 20.7. The zero-order chi connectivity index (χ0) is 24.7. The van der Waals surface area contributed by atoms with Crippen molar-refractivity contribution < 1.29 is 23.6 Å². The van der Waals surface area contributed by atoms with Crippen LogP contribution in [0.25, 0.3) is 11.3 Å². The van der Waals surface area contributed by atoms with Crippen molar-refractivity contribution in [2.24, 2.45) is 0 Å². The quantitative estimate of drug-likeness (QED) is 0.654. The lowest BCUT2D eigenvalue weighted by atomic mass is 9.79. The van der Waals surface area contributed by atoms with Crippen LogP contribution in [0.4, 0.5) is 4.79 Å². The van der Waals surface area contributed by atoms with E-state index >= 15 is 0 Å². The molecule has 0 radical (unpaired) electrons. The van der Waals surface area contributed by atoms with Crippen LogP contribution in [0.5, 0.6) is 0 Å². The first-order chi connectivity index (χ1) is 16.0. The van der Waals surface area contributed by atoms with Crippen LogP contribution >= 0.6 is 0 Å². The predicted octanol–water partition coefficient (Wildman–Crippen LogP) is 2.78. The van der Waals surface area contributed by atoms with Gasteiger partial charge in [0.1, 0.15) is 11.9 Å². The van der Waals surface area contributed by atoms with Gasteiger partial charge in [-0.25, -0.2) is 9.78 Å². The molecule has 0 spiro atoms. The molecule has 1 aromatic heterocycles. The molecular weight excluding hydrogens is 435 g/mol. The molecule has 2 saturated heterocycles. The van der Waals surface area contributed by atoms with Crippen molar-refractivity contribution in [3.05, 3.63) is 36.3 Å². The maximum absolute atomic E-state index is 12.9. The second-order valence-corrected chi connectivity index (χ2v) is 9.94. The Balaban J connectivity index is 1.46. The second kappa shape index (κ2) is 9.07. The minimum Gasteiger partial charge on any atom is -0.453 e. The molecule has 0 unspecified atom stereocenters. The molecule has 9 nitrogen and oxygen atoms in total. The fourth-order valence-corrected chi connectivity index (χ4v) is 4.31. The van der Waals surface area contributed by atoms with E-state index in [1.165, 1.54) is 7.11 Å². The number of imidazole rings is 1. The first-order valence-corrected chi connectivity index (χ1v) is 11.7. The van der Waals surface area contributed by atoms with Gasteiger partial charge in [-0.15, -0.1) is 0 Å². The Labute approximate surface area is 200 Å². The van der Waals surface area contributed by atoms with E-state index in [0.717, 1.165) is 35.4 Å². The lowest BCUT2D eigenvalue weighted by Crippen LogP contribution is -2.46. The predicted molar refractivity (Wildman–Crippen MR) is 128 cm³/mol. The Hall–Kier alpha value is -2.85. The second-order valence-electron chi connectivity index (χ2n) is 9.94. The summed E-state index contributed by atoms with van der Waals surface area (Å²) in [6.45, 7) is 10.4. The van der Waals surface area contributed by atoms with Gasteiger partial charge in [0.25, 0.3) is 0 Å². The van der Waals surface area contributed by atoms with Gasteiger partial charge >= 0.3 is 13.2 Å². The van der Waals surface area contributed by atoms with E-state index in [2.05, 4.69) is 20.0 Å². The molecule has 0 bridgehead atoms. The summed E-state index contributed by atoms with van der Waals surface area (Å²) in [6.07, 6.45) is 2.85. The Morgan fingerprint density at radius 3 is 2.47 bits per heavy atom. The van der Waals surface area contributed by atoms with Gasteiger partial charge in [-0.05, 0) is 58.5 Å². The van der Waals surface area contributed by atoms with Crippen LogP contribution in [-0.2, 0) is 18.8 Å². The van der Waals surface area contributed by atoms with Crippen LogP contribution < -0.4 is 10.8 Å². The van der Waals surface area contributed by atoms with Gasteiger partial charge in [0.2, 0.25) is 5.91 Å². The van der Waals surface area contributed by atoms with Gasteiger partial charge < -0.3 is 29.2 Å². The molecule has 2 aliphatic heterocycles. The number of rotatable bonds is 5. The van der Waals surface area contributed by atoms with Crippen LogP contribution in [0, 0.1) is 0 Å². The number of carbonyl (C=O) groups excluding carboxylic acids is 2. The third-order valence-electron chi connectivity index (χ3n) is 7.08. The van der Waals surface area contributed by atoms with E-state index in [-0.39, 0.29) is 23.2 Å². The number of alkyl carbamates (subject to hydrolysis) is 1. The van der Waals surface area contributed by atoms with E-state index in [0.29, 0.717) is 6.54 Å². The molecule has 4 rings (SSSR count). The van der Waals surface area contributed by atoms with Gasteiger partial charge in [0.15, 0.2) is 0 Å². The summed E-state index contributed by atoms with van der Waals surface area (Å²) in [5.74, 6) is 0.582. The Bertz CT molecular complexity index is 1040. The van der Waals surface area contributed by atoms with Gasteiger partial charge in [0, 0.05) is 6.54 Å². The number of hydrogen-bond acceptors (Lipinski definition) is 6. The highest BCUT2D eigenvalue weighted by Gasteiger charge is 2.51. The van der Waals surface area contributed by atoms with Crippen LogP contribution in [0.2, 0.25) is 0 Å². The molecule has 2 aromatic rings. The van der Waals surface area contributed by atoms with Gasteiger partial charge in [0.05, 0.1) is 36.2 Å². The summed E-state index contributed by atoms with van der Waals surface area (Å²) in [5.41, 5.74) is 2.04. The van der Waals surface area contributed by atoms with Crippen LogP contribution in [0.15, 0.2) is 30.5 Å². The molecule has 182 valence electrons. The van der Waals surface area contributed by atoms with Gasteiger partial charge in [-0.3, -0.25) is 4.79 Å². The molecule has 3 heterocycles. The standard InChI is InChI=1S/C24H33BN4O5/c1-15(27-22(31)32-6)21(30)29-13-7-8-19(29)20-26-14-18(28-20)16-9-11-17(12-10-16)25-33-23(2,3)24(4,5)34-25/h9-12,14-15,19H,7-8,13H2,1-6H3,(H,26,28)(H,27,31)/t15-,19-/m0/s1. The van der Waals surface area contributed by atoms with Crippen molar-refractivity contribution in [3.63, 3.8) is 0 Å². The third-order valence-corrected chi connectivity index (χ3v) is 7.08. The Morgan fingerprint density at radius 2 is 1.85 bits per heavy atom. The van der Waals surface area contributed by atoms with E-state index in [9.17, 15) is 9.59 Å². The van der Waals surface area contributed by atoms with Crippen LogP contribution in [-0.4, -0.2) is 64.9 Å². The number of nitrogens with one attached hydrogen (secondary N) is 2. The van der Waals surface area contributed by atoms with Crippen molar-refractivity contribution in [2.45, 2.75) is 70.7 Å². The third kappa shape index (κ3) is 4.56. The fourth-order valence-electron chi connectivity index (χ4n) is 4.31. The van der Waals surface area contributed by atoms with Crippen LogP contribution in [0.3, 0.4) is 0 Å². The summed E-state index contributed by atoms with van der Waals surface area (Å²) in [4.78, 5) is 34.1. The molecule has 2 N–H and O–H groups in total. The summed E-state index contributed by atoms with van der Waals surface area (Å²) in [5, 5.41) is 2.54. The number of ether oxygens (including phenoxy) is 1. The normalized spacial score (nSPS) is 22.0.